The molecule has 192 valence electrons. The Bertz CT molecular complexity index is 1310. The number of amides is 1. The normalized spacial score (nSPS) is 15.9. The molecule has 1 fully saturated rings. The van der Waals surface area contributed by atoms with Crippen molar-refractivity contribution >= 4 is 43.9 Å². The van der Waals surface area contributed by atoms with Gasteiger partial charge in [-0.15, -0.1) is 0 Å². The second kappa shape index (κ2) is 10.4. The molecular formula is C21H22F3N7O3S2. The average molecular weight is 542 g/mol. The van der Waals surface area contributed by atoms with E-state index in [1.54, 1.807) is 18.3 Å². The maximum absolute atomic E-state index is 13.7. The number of nitrogens with zero attached hydrogens (tertiary/aromatic N) is 5. The number of aromatic nitrogens is 3. The minimum atomic E-state index is -4.74. The Kier molecular flexibility index (Phi) is 7.42. The van der Waals surface area contributed by atoms with Gasteiger partial charge in [0.2, 0.25) is 10.0 Å². The highest BCUT2D eigenvalue weighted by Gasteiger charge is 2.43. The Morgan fingerprint density at radius 2 is 1.86 bits per heavy atom. The van der Waals surface area contributed by atoms with E-state index in [-0.39, 0.29) is 15.6 Å². The molecular weight excluding hydrogens is 519 g/mol. The van der Waals surface area contributed by atoms with Crippen molar-refractivity contribution in [1.29, 1.82) is 0 Å². The molecule has 3 aromatic rings. The molecule has 36 heavy (non-hydrogen) atoms. The SMILES string of the molecule is CS(=O)(=O)N1CCN(c2ccnc(Nc3ncc(C(NC(=O)c4cccnc4)C(F)(F)F)s3)c2)CC1. The topological polar surface area (TPSA) is 120 Å². The largest absolute Gasteiger partial charge is 0.413 e. The predicted octanol–water partition coefficient (Wildman–Crippen LogP) is 2.79. The summed E-state index contributed by atoms with van der Waals surface area (Å²) >= 11 is 0.745. The lowest BCUT2D eigenvalue weighted by atomic mass is 10.2. The van der Waals surface area contributed by atoms with Gasteiger partial charge in [0.1, 0.15) is 5.82 Å². The minimum Gasteiger partial charge on any atom is -0.369 e. The number of hydrogen-bond donors (Lipinski definition) is 2. The number of anilines is 3. The summed E-state index contributed by atoms with van der Waals surface area (Å²) in [5, 5.41) is 5.07. The van der Waals surface area contributed by atoms with Gasteiger partial charge in [-0.05, 0) is 18.2 Å². The van der Waals surface area contributed by atoms with Crippen molar-refractivity contribution < 1.29 is 26.4 Å². The van der Waals surface area contributed by atoms with Crippen LogP contribution in [0.5, 0.6) is 0 Å². The predicted molar refractivity (Wildman–Crippen MR) is 129 cm³/mol. The number of hydrogen-bond acceptors (Lipinski definition) is 9. The number of halogens is 3. The molecule has 0 aromatic carbocycles. The van der Waals surface area contributed by atoms with Crippen LogP contribution in [0, 0.1) is 0 Å². The summed E-state index contributed by atoms with van der Waals surface area (Å²) in [6, 6.07) is 4.06. The summed E-state index contributed by atoms with van der Waals surface area (Å²) in [6.07, 6.45) is 1.63. The number of pyridine rings is 2. The summed E-state index contributed by atoms with van der Waals surface area (Å²) in [4.78, 5) is 26.1. The van der Waals surface area contributed by atoms with Crippen LogP contribution in [-0.2, 0) is 10.0 Å². The maximum Gasteiger partial charge on any atom is 0.413 e. The molecule has 0 saturated carbocycles. The smallest absolute Gasteiger partial charge is 0.369 e. The van der Waals surface area contributed by atoms with Crippen molar-refractivity contribution in [1.82, 2.24) is 24.6 Å². The molecule has 3 aromatic heterocycles. The lowest BCUT2D eigenvalue weighted by Crippen LogP contribution is -2.48. The van der Waals surface area contributed by atoms with E-state index in [0.29, 0.717) is 32.0 Å². The Hall–Kier alpha value is -3.30. The molecule has 1 amide bonds. The fourth-order valence-electron chi connectivity index (χ4n) is 3.58. The number of sulfonamides is 1. The monoisotopic (exact) mass is 541 g/mol. The minimum absolute atomic E-state index is 0.00741. The Balaban J connectivity index is 1.45. The Labute approximate surface area is 209 Å². The van der Waals surface area contributed by atoms with Crippen molar-refractivity contribution in [3.63, 3.8) is 0 Å². The molecule has 0 spiro atoms. The molecule has 4 heterocycles. The number of rotatable bonds is 7. The van der Waals surface area contributed by atoms with E-state index in [4.69, 9.17) is 0 Å². The van der Waals surface area contributed by atoms with Gasteiger partial charge in [0.15, 0.2) is 11.2 Å². The first-order valence-electron chi connectivity index (χ1n) is 10.7. The summed E-state index contributed by atoms with van der Waals surface area (Å²) < 4.78 is 66.1. The van der Waals surface area contributed by atoms with Gasteiger partial charge in [-0.3, -0.25) is 9.78 Å². The second-order valence-corrected chi connectivity index (χ2v) is 11.0. The quantitative estimate of drug-likeness (QED) is 0.469. The van der Waals surface area contributed by atoms with E-state index in [1.165, 1.54) is 35.1 Å². The summed E-state index contributed by atoms with van der Waals surface area (Å²) in [7, 11) is -3.25. The standard InChI is InChI=1S/C21H22F3N7O3S2/c1-36(33,34)31-9-7-30(8-10-31)15-4-6-26-17(11-15)28-20-27-13-16(35-20)18(21(22,23)24)29-19(32)14-3-2-5-25-12-14/h2-6,11-13,18H,7-10H2,1H3,(H,29,32)(H,26,27,28). The molecule has 0 aliphatic carbocycles. The van der Waals surface area contributed by atoms with E-state index in [0.717, 1.165) is 23.2 Å². The van der Waals surface area contributed by atoms with Gasteiger partial charge in [0, 0.05) is 62.7 Å². The molecule has 15 heteroatoms. The highest BCUT2D eigenvalue weighted by atomic mass is 32.2. The van der Waals surface area contributed by atoms with Gasteiger partial charge in [-0.25, -0.2) is 18.4 Å². The van der Waals surface area contributed by atoms with Crippen LogP contribution in [-0.4, -0.2) is 72.2 Å². The molecule has 0 bridgehead atoms. The Morgan fingerprint density at radius 3 is 2.50 bits per heavy atom. The number of piperazine rings is 1. The highest BCUT2D eigenvalue weighted by molar-refractivity contribution is 7.88. The van der Waals surface area contributed by atoms with Gasteiger partial charge in [0.05, 0.1) is 16.7 Å². The first-order chi connectivity index (χ1) is 17.0. The number of carbonyl (C=O) groups excluding carboxylic acids is 1. The van der Waals surface area contributed by atoms with Gasteiger partial charge in [0.25, 0.3) is 5.91 Å². The van der Waals surface area contributed by atoms with Gasteiger partial charge < -0.3 is 15.5 Å². The summed E-state index contributed by atoms with van der Waals surface area (Å²) in [6.45, 7) is 1.68. The van der Waals surface area contributed by atoms with E-state index in [9.17, 15) is 26.4 Å². The zero-order chi connectivity index (χ0) is 25.9. The van der Waals surface area contributed by atoms with E-state index in [2.05, 4.69) is 20.3 Å². The van der Waals surface area contributed by atoms with Crippen molar-refractivity contribution in [3.8, 4) is 0 Å². The Morgan fingerprint density at radius 1 is 1.11 bits per heavy atom. The second-order valence-electron chi connectivity index (χ2n) is 7.93. The first kappa shape index (κ1) is 25.8. The van der Waals surface area contributed by atoms with E-state index < -0.39 is 28.1 Å². The van der Waals surface area contributed by atoms with Crippen molar-refractivity contribution in [2.24, 2.45) is 0 Å². The van der Waals surface area contributed by atoms with Crippen LogP contribution in [0.1, 0.15) is 21.3 Å². The van der Waals surface area contributed by atoms with Crippen LogP contribution in [0.25, 0.3) is 0 Å². The number of nitrogens with one attached hydrogen (secondary N) is 2. The molecule has 10 nitrogen and oxygen atoms in total. The number of alkyl halides is 3. The first-order valence-corrected chi connectivity index (χ1v) is 13.3. The molecule has 4 rings (SSSR count). The van der Waals surface area contributed by atoms with Gasteiger partial charge >= 0.3 is 6.18 Å². The van der Waals surface area contributed by atoms with Crippen LogP contribution in [0.2, 0.25) is 0 Å². The number of carbonyl (C=O) groups is 1. The third-order valence-corrected chi connectivity index (χ3v) is 7.67. The molecule has 1 saturated heterocycles. The zero-order valence-electron chi connectivity index (χ0n) is 18.9. The van der Waals surface area contributed by atoms with Crippen LogP contribution in [0.3, 0.4) is 0 Å². The van der Waals surface area contributed by atoms with Gasteiger partial charge in [-0.2, -0.15) is 17.5 Å². The number of thiazole rings is 1. The highest BCUT2D eigenvalue weighted by Crippen LogP contribution is 2.37. The zero-order valence-corrected chi connectivity index (χ0v) is 20.6. The van der Waals surface area contributed by atoms with Crippen LogP contribution >= 0.6 is 11.3 Å². The van der Waals surface area contributed by atoms with E-state index >= 15 is 0 Å². The lowest BCUT2D eigenvalue weighted by Gasteiger charge is -2.34. The third kappa shape index (κ3) is 6.27. The molecule has 1 aliphatic rings. The van der Waals surface area contributed by atoms with Crippen molar-refractivity contribution in [2.75, 3.05) is 42.7 Å². The lowest BCUT2D eigenvalue weighted by molar-refractivity contribution is -0.154. The maximum atomic E-state index is 13.7. The summed E-state index contributed by atoms with van der Waals surface area (Å²) in [5.74, 6) is -0.541. The van der Waals surface area contributed by atoms with E-state index in [1.807, 2.05) is 10.2 Å². The van der Waals surface area contributed by atoms with Crippen molar-refractivity contribution in [2.45, 2.75) is 12.2 Å². The molecule has 0 radical (unpaired) electrons. The van der Waals surface area contributed by atoms with Crippen LogP contribution in [0.15, 0.2) is 49.1 Å². The fourth-order valence-corrected chi connectivity index (χ4v) is 5.30. The van der Waals surface area contributed by atoms with Crippen molar-refractivity contribution in [3.05, 3.63) is 59.5 Å². The molecule has 1 atom stereocenters. The third-order valence-electron chi connectivity index (χ3n) is 5.39. The van der Waals surface area contributed by atoms with Crippen LogP contribution in [0.4, 0.5) is 29.8 Å². The van der Waals surface area contributed by atoms with Crippen LogP contribution < -0.4 is 15.5 Å². The average Bonchev–Trinajstić information content (AvgIpc) is 3.29. The molecule has 1 unspecified atom stereocenters. The molecule has 1 aliphatic heterocycles. The fraction of sp³-hybridized carbons (Fsp3) is 0.333. The molecule has 2 N–H and O–H groups in total. The summed E-state index contributed by atoms with van der Waals surface area (Å²) in [5.41, 5.74) is 0.794. The van der Waals surface area contributed by atoms with Gasteiger partial charge in [-0.1, -0.05) is 11.3 Å².